The summed E-state index contributed by atoms with van der Waals surface area (Å²) in [6.45, 7) is 0.670. The van der Waals surface area contributed by atoms with E-state index < -0.39 is 0 Å². The lowest BCUT2D eigenvalue weighted by Gasteiger charge is -2.08. The Morgan fingerprint density at radius 1 is 1.90 bits per heavy atom. The zero-order valence-corrected chi connectivity index (χ0v) is 6.32. The SMILES string of the molecule is C#CCSC1=CC=NCN1. The quantitative estimate of drug-likeness (QED) is 0.592. The highest BCUT2D eigenvalue weighted by molar-refractivity contribution is 8.03. The molecule has 1 heterocycles. The van der Waals surface area contributed by atoms with Crippen LogP contribution >= 0.6 is 11.8 Å². The summed E-state index contributed by atoms with van der Waals surface area (Å²) in [6, 6.07) is 0. The second-order valence-electron chi connectivity index (χ2n) is 1.69. The van der Waals surface area contributed by atoms with Crippen molar-refractivity contribution in [3.63, 3.8) is 0 Å². The van der Waals surface area contributed by atoms with E-state index in [0.717, 1.165) is 5.03 Å². The summed E-state index contributed by atoms with van der Waals surface area (Å²) in [5, 5.41) is 4.19. The molecule has 0 atom stereocenters. The summed E-state index contributed by atoms with van der Waals surface area (Å²) in [5.41, 5.74) is 0. The van der Waals surface area contributed by atoms with Crippen LogP contribution in [0.2, 0.25) is 0 Å². The highest BCUT2D eigenvalue weighted by Crippen LogP contribution is 2.11. The van der Waals surface area contributed by atoms with E-state index in [1.165, 1.54) is 0 Å². The standard InChI is InChI=1S/C7H8N2S/c1-2-5-10-7-3-4-8-6-9-7/h1,3-4,9H,5-6H2. The largest absolute Gasteiger partial charge is 0.361 e. The van der Waals surface area contributed by atoms with Crippen LogP contribution in [0, 0.1) is 12.3 Å². The molecule has 0 radical (unpaired) electrons. The van der Waals surface area contributed by atoms with Crippen molar-refractivity contribution in [3.8, 4) is 12.3 Å². The molecule has 0 bridgehead atoms. The molecule has 0 aromatic heterocycles. The average Bonchev–Trinajstić information content (AvgIpc) is 2.03. The number of thioether (sulfide) groups is 1. The zero-order chi connectivity index (χ0) is 7.23. The Hall–Kier alpha value is -0.880. The van der Waals surface area contributed by atoms with Crippen LogP contribution in [0.1, 0.15) is 0 Å². The Labute approximate surface area is 64.8 Å². The molecule has 3 heteroatoms. The zero-order valence-electron chi connectivity index (χ0n) is 5.50. The number of terminal acetylenes is 1. The third-order valence-electron chi connectivity index (χ3n) is 0.987. The molecule has 0 saturated heterocycles. The van der Waals surface area contributed by atoms with Gasteiger partial charge in [0.2, 0.25) is 0 Å². The Balaban J connectivity index is 2.34. The molecule has 10 heavy (non-hydrogen) atoms. The van der Waals surface area contributed by atoms with Gasteiger partial charge < -0.3 is 5.32 Å². The molecule has 0 spiro atoms. The monoisotopic (exact) mass is 152 g/mol. The first-order valence-corrected chi connectivity index (χ1v) is 3.92. The molecule has 1 aliphatic heterocycles. The predicted molar refractivity (Wildman–Crippen MR) is 45.9 cm³/mol. The molecule has 0 unspecified atom stereocenters. The topological polar surface area (TPSA) is 24.4 Å². The third kappa shape index (κ3) is 2.16. The minimum absolute atomic E-state index is 0.670. The van der Waals surface area contributed by atoms with Crippen molar-refractivity contribution in [2.24, 2.45) is 4.99 Å². The number of hydrogen-bond acceptors (Lipinski definition) is 3. The van der Waals surface area contributed by atoms with Gasteiger partial charge in [0.05, 0.1) is 10.8 Å². The molecule has 0 aromatic rings. The first-order valence-electron chi connectivity index (χ1n) is 2.94. The molecule has 0 fully saturated rings. The number of aliphatic imine (C=N–C) groups is 1. The summed E-state index contributed by atoms with van der Waals surface area (Å²) in [7, 11) is 0. The van der Waals surface area contributed by atoms with E-state index in [1.54, 1.807) is 18.0 Å². The Morgan fingerprint density at radius 3 is 3.40 bits per heavy atom. The van der Waals surface area contributed by atoms with Crippen LogP contribution in [0.15, 0.2) is 16.1 Å². The van der Waals surface area contributed by atoms with Gasteiger partial charge in [-0.1, -0.05) is 17.7 Å². The predicted octanol–water partition coefficient (Wildman–Crippen LogP) is 0.826. The summed E-state index contributed by atoms with van der Waals surface area (Å²) >= 11 is 1.62. The van der Waals surface area contributed by atoms with E-state index in [0.29, 0.717) is 12.4 Å². The van der Waals surface area contributed by atoms with Crippen molar-refractivity contribution in [2.75, 3.05) is 12.4 Å². The van der Waals surface area contributed by atoms with Crippen molar-refractivity contribution in [2.45, 2.75) is 0 Å². The van der Waals surface area contributed by atoms with Crippen molar-refractivity contribution in [1.82, 2.24) is 5.32 Å². The molecule has 2 nitrogen and oxygen atoms in total. The average molecular weight is 152 g/mol. The second-order valence-corrected chi connectivity index (χ2v) is 2.71. The normalized spacial score (nSPS) is 15.3. The summed E-state index contributed by atoms with van der Waals surface area (Å²) in [5.74, 6) is 3.27. The number of nitrogens with zero attached hydrogens (tertiary/aromatic N) is 1. The van der Waals surface area contributed by atoms with Gasteiger partial charge in [0.1, 0.15) is 6.67 Å². The lowest BCUT2D eigenvalue weighted by Crippen LogP contribution is -2.14. The molecule has 1 aliphatic rings. The van der Waals surface area contributed by atoms with E-state index >= 15 is 0 Å². The molecular weight excluding hydrogens is 144 g/mol. The molecule has 1 N–H and O–H groups in total. The van der Waals surface area contributed by atoms with E-state index in [2.05, 4.69) is 16.2 Å². The van der Waals surface area contributed by atoms with Crippen LogP contribution in [0.5, 0.6) is 0 Å². The van der Waals surface area contributed by atoms with Gasteiger partial charge in [-0.25, -0.2) is 0 Å². The van der Waals surface area contributed by atoms with Crippen LogP contribution < -0.4 is 5.32 Å². The van der Waals surface area contributed by atoms with Crippen LogP contribution in [0.4, 0.5) is 0 Å². The first-order chi connectivity index (χ1) is 4.93. The van der Waals surface area contributed by atoms with Gasteiger partial charge >= 0.3 is 0 Å². The van der Waals surface area contributed by atoms with Crippen LogP contribution in [0.3, 0.4) is 0 Å². The van der Waals surface area contributed by atoms with Gasteiger partial charge in [-0.2, -0.15) is 0 Å². The highest BCUT2D eigenvalue weighted by atomic mass is 32.2. The van der Waals surface area contributed by atoms with Crippen LogP contribution in [-0.2, 0) is 0 Å². The van der Waals surface area contributed by atoms with Crippen LogP contribution in [0.25, 0.3) is 0 Å². The molecular formula is C7H8N2S. The fourth-order valence-corrected chi connectivity index (χ4v) is 1.14. The highest BCUT2D eigenvalue weighted by Gasteiger charge is 1.96. The maximum Gasteiger partial charge on any atom is 0.108 e. The minimum Gasteiger partial charge on any atom is -0.361 e. The van der Waals surface area contributed by atoms with Crippen molar-refractivity contribution in [1.29, 1.82) is 0 Å². The Kier molecular flexibility index (Phi) is 2.91. The lowest BCUT2D eigenvalue weighted by atomic mass is 10.6. The van der Waals surface area contributed by atoms with Crippen molar-refractivity contribution in [3.05, 3.63) is 11.1 Å². The Morgan fingerprint density at radius 2 is 2.80 bits per heavy atom. The van der Waals surface area contributed by atoms with Gasteiger partial charge in [-0.3, -0.25) is 4.99 Å². The van der Waals surface area contributed by atoms with Gasteiger partial charge in [0, 0.05) is 6.21 Å². The fourth-order valence-electron chi connectivity index (χ4n) is 0.574. The van der Waals surface area contributed by atoms with E-state index in [1.807, 2.05) is 6.08 Å². The number of nitrogens with one attached hydrogen (secondary N) is 1. The fraction of sp³-hybridized carbons (Fsp3) is 0.286. The maximum atomic E-state index is 5.09. The summed E-state index contributed by atoms with van der Waals surface area (Å²) in [6.07, 6.45) is 8.80. The van der Waals surface area contributed by atoms with Crippen LogP contribution in [-0.4, -0.2) is 18.6 Å². The van der Waals surface area contributed by atoms with Gasteiger partial charge in [-0.15, -0.1) is 6.42 Å². The third-order valence-corrected chi connectivity index (χ3v) is 1.89. The molecule has 0 saturated carbocycles. The maximum absolute atomic E-state index is 5.09. The van der Waals surface area contributed by atoms with E-state index in [4.69, 9.17) is 6.42 Å². The van der Waals surface area contributed by atoms with Gasteiger partial charge in [-0.05, 0) is 6.08 Å². The van der Waals surface area contributed by atoms with Gasteiger partial charge in [0.25, 0.3) is 0 Å². The Bertz CT molecular complexity index is 200. The molecule has 52 valence electrons. The first kappa shape index (κ1) is 7.23. The number of allylic oxidation sites excluding steroid dienone is 1. The van der Waals surface area contributed by atoms with Gasteiger partial charge in [0.15, 0.2) is 0 Å². The second kappa shape index (κ2) is 4.02. The van der Waals surface area contributed by atoms with Crippen molar-refractivity contribution >= 4 is 18.0 Å². The van der Waals surface area contributed by atoms with E-state index in [-0.39, 0.29) is 0 Å². The molecule has 0 aromatic carbocycles. The molecule has 0 amide bonds. The molecule has 1 rings (SSSR count). The summed E-state index contributed by atoms with van der Waals surface area (Å²) < 4.78 is 0. The van der Waals surface area contributed by atoms with E-state index in [9.17, 15) is 0 Å². The molecule has 0 aliphatic carbocycles. The van der Waals surface area contributed by atoms with Crippen molar-refractivity contribution < 1.29 is 0 Å². The summed E-state index contributed by atoms with van der Waals surface area (Å²) in [4.78, 5) is 3.96. The lowest BCUT2D eigenvalue weighted by molar-refractivity contribution is 0.866. The smallest absolute Gasteiger partial charge is 0.108 e. The minimum atomic E-state index is 0.670. The number of hydrogen-bond donors (Lipinski definition) is 1. The number of rotatable bonds is 2.